The van der Waals surface area contributed by atoms with Crippen LogP contribution in [-0.4, -0.2) is 23.9 Å². The zero-order valence-electron chi connectivity index (χ0n) is 6.77. The molecular weight excluding hydrogens is 187 g/mol. The maximum atomic E-state index is 10.5. The molecule has 0 radical (unpaired) electrons. The molecule has 1 atom stereocenters. The molecule has 0 aliphatic heterocycles. The Morgan fingerprint density at radius 3 is 2.58 bits per heavy atom. The third-order valence-electron chi connectivity index (χ3n) is 0.691. The third kappa shape index (κ3) is 7.53. The molecule has 0 spiro atoms. The van der Waals surface area contributed by atoms with E-state index in [-0.39, 0.29) is 6.10 Å². The van der Waals surface area contributed by atoms with E-state index in [0.29, 0.717) is 0 Å². The first-order chi connectivity index (χ1) is 5.52. The summed E-state index contributed by atoms with van der Waals surface area (Å²) in [5.41, 5.74) is 0. The molecule has 0 aliphatic carbocycles. The van der Waals surface area contributed by atoms with Gasteiger partial charge in [-0.15, -0.1) is 0 Å². The molecule has 12 heavy (non-hydrogen) atoms. The molecule has 0 saturated heterocycles. The summed E-state index contributed by atoms with van der Waals surface area (Å²) in [5.74, 6) is 0. The van der Waals surface area contributed by atoms with Gasteiger partial charge in [0.25, 0.3) is 0 Å². The Hall–Kier alpha value is -0.580. The lowest BCUT2D eigenvalue weighted by atomic mass is 10.5. The van der Waals surface area contributed by atoms with E-state index < -0.39 is 21.2 Å². The van der Waals surface area contributed by atoms with Crippen LogP contribution in [0, 0.1) is 0 Å². The van der Waals surface area contributed by atoms with E-state index >= 15 is 0 Å². The predicted molar refractivity (Wildman–Crippen MR) is 39.9 cm³/mol. The van der Waals surface area contributed by atoms with Crippen molar-refractivity contribution in [3.05, 3.63) is 0 Å². The van der Waals surface area contributed by atoms with Crippen molar-refractivity contribution in [2.24, 2.45) is 0 Å². The largest absolute Gasteiger partial charge is 0.510 e. The van der Waals surface area contributed by atoms with Gasteiger partial charge in [0.05, 0.1) is 6.10 Å². The predicted octanol–water partition coefficient (Wildman–Crippen LogP) is 0.904. The topological polar surface area (TPSA) is 82.1 Å². The fraction of sp³-hybridized carbons (Fsp3) is 0.800. The number of hydrogen-bond acceptors (Lipinski definition) is 5. The van der Waals surface area contributed by atoms with Gasteiger partial charge in [0.1, 0.15) is 0 Å². The van der Waals surface area contributed by atoms with Gasteiger partial charge >= 0.3 is 14.4 Å². The fourth-order valence-corrected chi connectivity index (χ4v) is 0.514. The minimum Gasteiger partial charge on any atom is -0.432 e. The van der Waals surface area contributed by atoms with Gasteiger partial charge in [-0.05, 0) is 13.8 Å². The molecule has 7 heteroatoms. The smallest absolute Gasteiger partial charge is 0.432 e. The van der Waals surface area contributed by atoms with Crippen LogP contribution in [0.5, 0.6) is 0 Å². The quantitative estimate of drug-likeness (QED) is 0.410. The van der Waals surface area contributed by atoms with Crippen molar-refractivity contribution in [3.63, 3.8) is 0 Å². The van der Waals surface area contributed by atoms with E-state index in [1.54, 1.807) is 13.8 Å². The van der Waals surface area contributed by atoms with E-state index in [1.807, 2.05) is 0 Å². The van der Waals surface area contributed by atoms with Crippen molar-refractivity contribution in [2.45, 2.75) is 20.0 Å². The SMILES string of the molecule is CC(C)OC(=O)OCO[PH](=O)O. The van der Waals surface area contributed by atoms with Crippen LogP contribution in [0.15, 0.2) is 0 Å². The summed E-state index contributed by atoms with van der Waals surface area (Å²) in [6, 6.07) is 0. The highest BCUT2D eigenvalue weighted by Crippen LogP contribution is 2.13. The highest BCUT2D eigenvalue weighted by molar-refractivity contribution is 7.32. The minimum atomic E-state index is -3.04. The molecule has 0 bridgehead atoms. The molecule has 0 aromatic carbocycles. The number of carbonyl (C=O) groups is 1. The molecule has 0 heterocycles. The summed E-state index contributed by atoms with van der Waals surface area (Å²) >= 11 is 0. The summed E-state index contributed by atoms with van der Waals surface area (Å²) in [7, 11) is -3.04. The Kier molecular flexibility index (Phi) is 5.70. The normalized spacial score (nSPS) is 12.7. The second kappa shape index (κ2) is 5.99. The van der Waals surface area contributed by atoms with Crippen LogP contribution in [0.25, 0.3) is 0 Å². The molecule has 0 amide bonds. The summed E-state index contributed by atoms with van der Waals surface area (Å²) in [6.07, 6.45) is -1.21. The van der Waals surface area contributed by atoms with Crippen LogP contribution in [0.4, 0.5) is 4.79 Å². The number of hydrogen-bond donors (Lipinski definition) is 1. The van der Waals surface area contributed by atoms with E-state index in [2.05, 4.69) is 14.0 Å². The molecule has 0 aromatic heterocycles. The molecule has 0 fully saturated rings. The number of ether oxygens (including phenoxy) is 2. The van der Waals surface area contributed by atoms with Crippen molar-refractivity contribution >= 4 is 14.4 Å². The van der Waals surface area contributed by atoms with Crippen LogP contribution in [-0.2, 0) is 18.6 Å². The maximum absolute atomic E-state index is 10.5. The lowest BCUT2D eigenvalue weighted by Crippen LogP contribution is -2.13. The van der Waals surface area contributed by atoms with Gasteiger partial charge in [0.2, 0.25) is 6.79 Å². The molecule has 0 saturated carbocycles. The first-order valence-electron chi connectivity index (χ1n) is 3.21. The average molecular weight is 198 g/mol. The second-order valence-electron chi connectivity index (χ2n) is 2.09. The highest BCUT2D eigenvalue weighted by atomic mass is 31.1. The molecular formula is C5H11O6P. The van der Waals surface area contributed by atoms with Gasteiger partial charge in [-0.3, -0.25) is 9.09 Å². The molecule has 0 aromatic rings. The molecule has 0 rings (SSSR count). The molecule has 1 unspecified atom stereocenters. The van der Waals surface area contributed by atoms with Crippen LogP contribution in [0.2, 0.25) is 0 Å². The summed E-state index contributed by atoms with van der Waals surface area (Å²) < 4.78 is 22.8. The summed E-state index contributed by atoms with van der Waals surface area (Å²) in [6.45, 7) is 2.73. The van der Waals surface area contributed by atoms with Gasteiger partial charge in [-0.25, -0.2) is 4.79 Å². The summed E-state index contributed by atoms with van der Waals surface area (Å²) in [4.78, 5) is 18.7. The Morgan fingerprint density at radius 1 is 1.58 bits per heavy atom. The average Bonchev–Trinajstić information content (AvgIpc) is 1.84. The lowest BCUT2D eigenvalue weighted by molar-refractivity contribution is -0.00852. The van der Waals surface area contributed by atoms with Gasteiger partial charge in [0, 0.05) is 0 Å². The molecule has 6 nitrogen and oxygen atoms in total. The minimum absolute atomic E-state index is 0.288. The Labute approximate surface area is 70.4 Å². The Bertz CT molecular complexity index is 167. The zero-order valence-corrected chi connectivity index (χ0v) is 7.77. The van der Waals surface area contributed by atoms with Gasteiger partial charge in [-0.1, -0.05) is 0 Å². The highest BCUT2D eigenvalue weighted by Gasteiger charge is 2.06. The third-order valence-corrected chi connectivity index (χ3v) is 1.06. The van der Waals surface area contributed by atoms with E-state index in [0.717, 1.165) is 0 Å². The number of rotatable bonds is 4. The Morgan fingerprint density at radius 2 is 2.17 bits per heavy atom. The van der Waals surface area contributed by atoms with E-state index in [4.69, 9.17) is 4.89 Å². The van der Waals surface area contributed by atoms with E-state index in [9.17, 15) is 9.36 Å². The van der Waals surface area contributed by atoms with Crippen LogP contribution < -0.4 is 0 Å². The second-order valence-corrected chi connectivity index (χ2v) is 2.91. The molecule has 72 valence electrons. The van der Waals surface area contributed by atoms with Crippen LogP contribution in [0.3, 0.4) is 0 Å². The Balaban J connectivity index is 3.38. The standard InChI is InChI=1S/C5H11O6P/c1-4(2)11-5(6)9-3-10-12(7)8/h4,12H,3H2,1-2H3,(H,7,8). The van der Waals surface area contributed by atoms with Gasteiger partial charge < -0.3 is 14.4 Å². The van der Waals surface area contributed by atoms with Crippen molar-refractivity contribution < 1.29 is 28.3 Å². The van der Waals surface area contributed by atoms with Gasteiger partial charge in [0.15, 0.2) is 0 Å². The van der Waals surface area contributed by atoms with Crippen molar-refractivity contribution in [1.82, 2.24) is 0 Å². The number of carbonyl (C=O) groups excluding carboxylic acids is 1. The van der Waals surface area contributed by atoms with Crippen LogP contribution in [0.1, 0.15) is 13.8 Å². The van der Waals surface area contributed by atoms with E-state index in [1.165, 1.54) is 0 Å². The van der Waals surface area contributed by atoms with Gasteiger partial charge in [-0.2, -0.15) is 0 Å². The molecule has 1 N–H and O–H groups in total. The fourth-order valence-electron chi connectivity index (χ4n) is 0.354. The lowest BCUT2D eigenvalue weighted by Gasteiger charge is -2.07. The first-order valence-corrected chi connectivity index (χ1v) is 4.48. The monoisotopic (exact) mass is 198 g/mol. The molecule has 0 aliphatic rings. The maximum Gasteiger partial charge on any atom is 0.510 e. The van der Waals surface area contributed by atoms with Crippen molar-refractivity contribution in [1.29, 1.82) is 0 Å². The zero-order chi connectivity index (χ0) is 9.56. The first kappa shape index (κ1) is 11.4. The summed E-state index contributed by atoms with van der Waals surface area (Å²) in [5, 5.41) is 0. The van der Waals surface area contributed by atoms with Crippen LogP contribution >= 0.6 is 8.25 Å². The van der Waals surface area contributed by atoms with Crippen molar-refractivity contribution in [2.75, 3.05) is 6.79 Å². The van der Waals surface area contributed by atoms with Crippen molar-refractivity contribution in [3.8, 4) is 0 Å².